The van der Waals surface area contributed by atoms with Crippen molar-refractivity contribution in [3.05, 3.63) is 29.3 Å². The Bertz CT molecular complexity index is 469. The number of benzene rings is 1. The van der Waals surface area contributed by atoms with Gasteiger partial charge in [-0.05, 0) is 49.8 Å². The van der Waals surface area contributed by atoms with Crippen LogP contribution in [-0.2, 0) is 4.79 Å². The number of carbonyl (C=O) groups is 1. The van der Waals surface area contributed by atoms with Gasteiger partial charge < -0.3 is 9.84 Å². The topological polar surface area (TPSA) is 49.8 Å². The average molecular weight is 277 g/mol. The van der Waals surface area contributed by atoms with Gasteiger partial charge in [0.2, 0.25) is 0 Å². The molecule has 20 heavy (non-hydrogen) atoms. The van der Waals surface area contributed by atoms with Crippen molar-refractivity contribution in [2.24, 2.45) is 5.92 Å². The summed E-state index contributed by atoms with van der Waals surface area (Å²) in [4.78, 5) is 12.8. The Kier molecular flexibility index (Phi) is 5.01. The van der Waals surface area contributed by atoms with Crippen LogP contribution in [0.25, 0.3) is 0 Å². The van der Waals surface area contributed by atoms with E-state index in [2.05, 4.69) is 6.07 Å². The third-order valence-electron chi connectivity index (χ3n) is 3.58. The van der Waals surface area contributed by atoms with Gasteiger partial charge in [-0.3, -0.25) is 9.69 Å². The Morgan fingerprint density at radius 2 is 2.15 bits per heavy atom. The van der Waals surface area contributed by atoms with E-state index in [1.54, 1.807) is 0 Å². The molecule has 110 valence electrons. The van der Waals surface area contributed by atoms with Crippen LogP contribution in [-0.4, -0.2) is 42.2 Å². The van der Waals surface area contributed by atoms with Crippen molar-refractivity contribution in [2.75, 3.05) is 26.2 Å². The number of carboxylic acids is 1. The first-order chi connectivity index (χ1) is 9.54. The summed E-state index contributed by atoms with van der Waals surface area (Å²) >= 11 is 0. The van der Waals surface area contributed by atoms with E-state index >= 15 is 0 Å². The highest BCUT2D eigenvalue weighted by molar-refractivity contribution is 5.69. The highest BCUT2D eigenvalue weighted by atomic mass is 16.5. The quantitative estimate of drug-likeness (QED) is 0.793. The number of aliphatic carboxylic acids is 1. The van der Waals surface area contributed by atoms with Crippen molar-refractivity contribution < 1.29 is 14.6 Å². The lowest BCUT2D eigenvalue weighted by atomic mass is 10.1. The fourth-order valence-electron chi connectivity index (χ4n) is 2.24. The maximum atomic E-state index is 10.9. The predicted octanol–water partition coefficient (Wildman–Crippen LogP) is 2.48. The lowest BCUT2D eigenvalue weighted by Gasteiger charge is -2.20. The standard InChI is InChI=1S/C16H23NO3/c1-12-3-4-13(2)15(9-12)20-8-7-17(11-16(18)19)10-14-5-6-14/h3-4,9,14H,5-8,10-11H2,1-2H3,(H,18,19). The Morgan fingerprint density at radius 1 is 1.40 bits per heavy atom. The molecule has 4 nitrogen and oxygen atoms in total. The first-order valence-electron chi connectivity index (χ1n) is 7.19. The highest BCUT2D eigenvalue weighted by Gasteiger charge is 2.25. The Morgan fingerprint density at radius 3 is 2.80 bits per heavy atom. The Hall–Kier alpha value is -1.55. The molecule has 0 atom stereocenters. The molecule has 1 N–H and O–H groups in total. The lowest BCUT2D eigenvalue weighted by Crippen LogP contribution is -2.35. The van der Waals surface area contributed by atoms with Crippen LogP contribution in [0, 0.1) is 19.8 Å². The zero-order valence-corrected chi connectivity index (χ0v) is 12.3. The first kappa shape index (κ1) is 14.9. The van der Waals surface area contributed by atoms with Gasteiger partial charge in [-0.2, -0.15) is 0 Å². The SMILES string of the molecule is Cc1ccc(C)c(OCCN(CC(=O)O)CC2CC2)c1. The van der Waals surface area contributed by atoms with E-state index in [0.29, 0.717) is 19.1 Å². The molecule has 2 rings (SSSR count). The number of hydrogen-bond donors (Lipinski definition) is 1. The molecule has 0 saturated heterocycles. The highest BCUT2D eigenvalue weighted by Crippen LogP contribution is 2.29. The van der Waals surface area contributed by atoms with Gasteiger partial charge in [0.05, 0.1) is 6.54 Å². The van der Waals surface area contributed by atoms with Crippen molar-refractivity contribution in [2.45, 2.75) is 26.7 Å². The summed E-state index contributed by atoms with van der Waals surface area (Å²) in [5.74, 6) is 0.819. The van der Waals surface area contributed by atoms with Crippen LogP contribution in [0.4, 0.5) is 0 Å². The van der Waals surface area contributed by atoms with Crippen LogP contribution < -0.4 is 4.74 Å². The van der Waals surface area contributed by atoms with Gasteiger partial charge in [0.25, 0.3) is 0 Å². The van der Waals surface area contributed by atoms with Gasteiger partial charge in [0.15, 0.2) is 0 Å². The summed E-state index contributed by atoms with van der Waals surface area (Å²) in [7, 11) is 0. The van der Waals surface area contributed by atoms with Crippen molar-refractivity contribution in [3.8, 4) is 5.75 Å². The molecule has 0 aliphatic heterocycles. The number of ether oxygens (including phenoxy) is 1. The molecule has 1 aromatic rings. The van der Waals surface area contributed by atoms with E-state index in [4.69, 9.17) is 9.84 Å². The van der Waals surface area contributed by atoms with Gasteiger partial charge >= 0.3 is 5.97 Å². The smallest absolute Gasteiger partial charge is 0.317 e. The van der Waals surface area contributed by atoms with Crippen molar-refractivity contribution in [1.82, 2.24) is 4.90 Å². The van der Waals surface area contributed by atoms with Gasteiger partial charge in [-0.1, -0.05) is 12.1 Å². The largest absolute Gasteiger partial charge is 0.492 e. The zero-order chi connectivity index (χ0) is 14.5. The van der Waals surface area contributed by atoms with Crippen LogP contribution in [0.1, 0.15) is 24.0 Å². The number of carboxylic acid groups (broad SMARTS) is 1. The van der Waals surface area contributed by atoms with Crippen LogP contribution >= 0.6 is 0 Å². The molecule has 4 heteroatoms. The number of hydrogen-bond acceptors (Lipinski definition) is 3. The van der Waals surface area contributed by atoms with Gasteiger partial charge in [-0.15, -0.1) is 0 Å². The molecule has 0 amide bonds. The van der Waals surface area contributed by atoms with E-state index in [1.807, 2.05) is 30.9 Å². The van der Waals surface area contributed by atoms with Crippen LogP contribution in [0.15, 0.2) is 18.2 Å². The summed E-state index contributed by atoms with van der Waals surface area (Å²) in [6, 6.07) is 6.13. The summed E-state index contributed by atoms with van der Waals surface area (Å²) in [5, 5.41) is 8.93. The van der Waals surface area contributed by atoms with E-state index in [9.17, 15) is 4.79 Å². The second kappa shape index (κ2) is 6.75. The third kappa shape index (κ3) is 4.85. The zero-order valence-electron chi connectivity index (χ0n) is 12.3. The second-order valence-corrected chi connectivity index (χ2v) is 5.69. The molecule has 0 heterocycles. The molecule has 1 aromatic carbocycles. The van der Waals surface area contributed by atoms with Crippen LogP contribution in [0.2, 0.25) is 0 Å². The molecular formula is C16H23NO3. The second-order valence-electron chi connectivity index (χ2n) is 5.69. The van der Waals surface area contributed by atoms with E-state index in [1.165, 1.54) is 18.4 Å². The van der Waals surface area contributed by atoms with Crippen molar-refractivity contribution in [3.63, 3.8) is 0 Å². The Balaban J connectivity index is 1.82. The minimum absolute atomic E-state index is 0.104. The lowest BCUT2D eigenvalue weighted by molar-refractivity contribution is -0.138. The maximum Gasteiger partial charge on any atom is 0.317 e. The van der Waals surface area contributed by atoms with E-state index < -0.39 is 5.97 Å². The van der Waals surface area contributed by atoms with Gasteiger partial charge in [0.1, 0.15) is 12.4 Å². The summed E-state index contributed by atoms with van der Waals surface area (Å²) in [5.41, 5.74) is 2.29. The first-order valence-corrected chi connectivity index (χ1v) is 7.19. The molecule has 1 saturated carbocycles. The molecule has 0 bridgehead atoms. The molecule has 0 radical (unpaired) electrons. The molecule has 0 spiro atoms. The predicted molar refractivity (Wildman–Crippen MR) is 78.2 cm³/mol. The van der Waals surface area contributed by atoms with E-state index in [-0.39, 0.29) is 6.54 Å². The minimum atomic E-state index is -0.766. The molecule has 0 unspecified atom stereocenters. The van der Waals surface area contributed by atoms with Gasteiger partial charge in [0, 0.05) is 13.1 Å². The average Bonchev–Trinajstić information content (AvgIpc) is 3.16. The van der Waals surface area contributed by atoms with Gasteiger partial charge in [-0.25, -0.2) is 0 Å². The number of rotatable bonds is 8. The molecule has 0 aromatic heterocycles. The summed E-state index contributed by atoms with van der Waals surface area (Å²) in [6.45, 7) is 6.24. The molecular weight excluding hydrogens is 254 g/mol. The number of aryl methyl sites for hydroxylation is 2. The molecule has 1 aliphatic rings. The maximum absolute atomic E-state index is 10.9. The number of nitrogens with zero attached hydrogens (tertiary/aromatic N) is 1. The third-order valence-corrected chi connectivity index (χ3v) is 3.58. The summed E-state index contributed by atoms with van der Waals surface area (Å²) in [6.07, 6.45) is 2.46. The molecule has 1 aliphatic carbocycles. The van der Waals surface area contributed by atoms with Crippen LogP contribution in [0.5, 0.6) is 5.75 Å². The minimum Gasteiger partial charge on any atom is -0.492 e. The summed E-state index contributed by atoms with van der Waals surface area (Å²) < 4.78 is 5.80. The molecule has 1 fully saturated rings. The fourth-order valence-corrected chi connectivity index (χ4v) is 2.24. The fraction of sp³-hybridized carbons (Fsp3) is 0.562. The Labute approximate surface area is 120 Å². The monoisotopic (exact) mass is 277 g/mol. The van der Waals surface area contributed by atoms with Crippen molar-refractivity contribution >= 4 is 5.97 Å². The van der Waals surface area contributed by atoms with Crippen LogP contribution in [0.3, 0.4) is 0 Å². The van der Waals surface area contributed by atoms with Crippen molar-refractivity contribution in [1.29, 1.82) is 0 Å². The van der Waals surface area contributed by atoms with E-state index in [0.717, 1.165) is 17.9 Å². The normalized spacial score (nSPS) is 14.6.